The predicted octanol–water partition coefficient (Wildman–Crippen LogP) is 4.50. The van der Waals surface area contributed by atoms with Gasteiger partial charge in [0.15, 0.2) is 0 Å². The van der Waals surface area contributed by atoms with Crippen molar-refractivity contribution in [3.63, 3.8) is 0 Å². The van der Waals surface area contributed by atoms with Gasteiger partial charge < -0.3 is 24.6 Å². The normalized spacial score (nSPS) is 18.4. The summed E-state index contributed by atoms with van der Waals surface area (Å²) >= 11 is 1.09. The van der Waals surface area contributed by atoms with Crippen molar-refractivity contribution in [1.82, 2.24) is 9.97 Å². The Kier molecular flexibility index (Phi) is 6.30. The number of anilines is 2. The molecule has 0 amide bonds. The molecule has 1 aliphatic rings. The van der Waals surface area contributed by atoms with Crippen LogP contribution >= 0.6 is 11.3 Å². The Labute approximate surface area is 182 Å². The van der Waals surface area contributed by atoms with Crippen LogP contribution in [0.4, 0.5) is 15.9 Å². The third-order valence-corrected chi connectivity index (χ3v) is 6.36. The first-order valence-electron chi connectivity index (χ1n) is 9.77. The molecule has 31 heavy (non-hydrogen) atoms. The molecule has 0 saturated heterocycles. The second-order valence-electron chi connectivity index (χ2n) is 7.28. The summed E-state index contributed by atoms with van der Waals surface area (Å²) in [5.41, 5.74) is 1.11. The molecule has 2 aromatic heterocycles. The lowest BCUT2D eigenvalue weighted by Crippen LogP contribution is -2.16. The molecule has 1 saturated carbocycles. The first-order chi connectivity index (χ1) is 15.0. The number of ether oxygens (including phenoxy) is 3. The number of hydrogen-bond donors (Lipinski definition) is 2. The molecule has 0 radical (unpaired) electrons. The highest BCUT2D eigenvalue weighted by molar-refractivity contribution is 7.20. The van der Waals surface area contributed by atoms with Crippen molar-refractivity contribution in [1.29, 1.82) is 0 Å². The minimum absolute atomic E-state index is 0.0410. The van der Waals surface area contributed by atoms with E-state index in [0.717, 1.165) is 24.2 Å². The molecule has 1 aromatic carbocycles. The van der Waals surface area contributed by atoms with E-state index in [-0.39, 0.29) is 23.9 Å². The van der Waals surface area contributed by atoms with E-state index >= 15 is 0 Å². The number of aromatic nitrogens is 2. The molecule has 2 heterocycles. The molecule has 164 valence electrons. The molecule has 2 N–H and O–H groups in total. The molecule has 1 fully saturated rings. The number of thiophene rings is 1. The maximum absolute atomic E-state index is 14.0. The summed E-state index contributed by atoms with van der Waals surface area (Å²) in [6.45, 7) is 1.95. The van der Waals surface area contributed by atoms with Crippen molar-refractivity contribution >= 4 is 39.0 Å². The Hall–Kier alpha value is -2.82. The molecule has 3 aromatic rings. The fourth-order valence-electron chi connectivity index (χ4n) is 3.70. The number of nitrogens with one attached hydrogen (secondary N) is 1. The van der Waals surface area contributed by atoms with E-state index in [9.17, 15) is 14.3 Å². The maximum atomic E-state index is 14.0. The van der Waals surface area contributed by atoms with Crippen LogP contribution in [0.1, 0.15) is 34.5 Å². The van der Waals surface area contributed by atoms with Crippen LogP contribution in [0.2, 0.25) is 0 Å². The molecule has 4 rings (SSSR count). The molecule has 10 heteroatoms. The monoisotopic (exact) mass is 447 g/mol. The standard InChI is InChI=1S/C21H22FN3O5S/c1-11-17-19(23-9-24-20(17)31-18(11)21(26)27)25-15-6-3-12(22)7-16(15)30-14-5-4-13(8-14)29-10-28-2/h3,6-7,9,13-14H,4-5,8,10H2,1-2H3,(H,26,27)(H,23,24,25)/t13-,14-/m0/s1. The van der Waals surface area contributed by atoms with Crippen molar-refractivity contribution in [2.75, 3.05) is 19.2 Å². The maximum Gasteiger partial charge on any atom is 0.346 e. The van der Waals surface area contributed by atoms with E-state index < -0.39 is 11.8 Å². The van der Waals surface area contributed by atoms with Crippen molar-refractivity contribution < 1.29 is 28.5 Å². The Bertz CT molecular complexity index is 1110. The van der Waals surface area contributed by atoms with Gasteiger partial charge in [0.05, 0.1) is 17.2 Å². The van der Waals surface area contributed by atoms with Gasteiger partial charge in [-0.25, -0.2) is 19.2 Å². The largest absolute Gasteiger partial charge is 0.488 e. The van der Waals surface area contributed by atoms with E-state index in [1.165, 1.54) is 18.5 Å². The number of carboxylic acids is 1. The van der Waals surface area contributed by atoms with Crippen LogP contribution in [-0.2, 0) is 9.47 Å². The number of fused-ring (bicyclic) bond motifs is 1. The number of hydrogen-bond acceptors (Lipinski definition) is 8. The van der Waals surface area contributed by atoms with Gasteiger partial charge in [-0.1, -0.05) is 0 Å². The van der Waals surface area contributed by atoms with Crippen LogP contribution in [-0.4, -0.2) is 47.2 Å². The van der Waals surface area contributed by atoms with Crippen molar-refractivity contribution in [3.8, 4) is 5.75 Å². The van der Waals surface area contributed by atoms with Crippen LogP contribution in [0.15, 0.2) is 24.5 Å². The minimum Gasteiger partial charge on any atom is -0.488 e. The highest BCUT2D eigenvalue weighted by Crippen LogP contribution is 2.37. The highest BCUT2D eigenvalue weighted by atomic mass is 32.1. The van der Waals surface area contributed by atoms with Crippen LogP contribution in [0.5, 0.6) is 5.75 Å². The quantitative estimate of drug-likeness (QED) is 0.487. The first kappa shape index (κ1) is 21.4. The summed E-state index contributed by atoms with van der Waals surface area (Å²) in [7, 11) is 1.58. The molecule has 8 nitrogen and oxygen atoms in total. The average molecular weight is 447 g/mol. The molecule has 0 unspecified atom stereocenters. The molecule has 0 aliphatic heterocycles. The Morgan fingerprint density at radius 3 is 2.90 bits per heavy atom. The first-order valence-corrected chi connectivity index (χ1v) is 10.6. The van der Waals surface area contributed by atoms with Gasteiger partial charge >= 0.3 is 5.97 Å². The third-order valence-electron chi connectivity index (χ3n) is 5.17. The van der Waals surface area contributed by atoms with Gasteiger partial charge in [-0.05, 0) is 37.5 Å². The lowest BCUT2D eigenvalue weighted by Gasteiger charge is -2.18. The van der Waals surface area contributed by atoms with Crippen molar-refractivity contribution in [3.05, 3.63) is 40.8 Å². The number of methoxy groups -OCH3 is 1. The summed E-state index contributed by atoms with van der Waals surface area (Å²) < 4.78 is 30.6. The number of aromatic carboxylic acids is 1. The molecular weight excluding hydrogens is 425 g/mol. The van der Waals surface area contributed by atoms with Gasteiger partial charge in [0.25, 0.3) is 0 Å². The zero-order valence-corrected chi connectivity index (χ0v) is 17.9. The average Bonchev–Trinajstić information content (AvgIpc) is 3.33. The van der Waals surface area contributed by atoms with Crippen LogP contribution in [0, 0.1) is 12.7 Å². The SMILES string of the molecule is COCO[C@H]1CC[C@H](Oc2cc(F)ccc2Nc2ncnc3sc(C(=O)O)c(C)c23)C1. The number of aryl methyl sites for hydroxylation is 1. The van der Waals surface area contributed by atoms with E-state index in [0.29, 0.717) is 39.5 Å². The third kappa shape index (κ3) is 4.60. The Morgan fingerprint density at radius 2 is 2.13 bits per heavy atom. The topological polar surface area (TPSA) is 103 Å². The summed E-state index contributed by atoms with van der Waals surface area (Å²) in [6.07, 6.45) is 3.60. The minimum atomic E-state index is -1.01. The molecule has 0 bridgehead atoms. The van der Waals surface area contributed by atoms with Gasteiger partial charge in [0.2, 0.25) is 0 Å². The highest BCUT2D eigenvalue weighted by Gasteiger charge is 2.28. The van der Waals surface area contributed by atoms with Crippen LogP contribution in [0.3, 0.4) is 0 Å². The molecule has 1 aliphatic carbocycles. The van der Waals surface area contributed by atoms with E-state index in [4.69, 9.17) is 14.2 Å². The second kappa shape index (κ2) is 9.13. The zero-order chi connectivity index (χ0) is 22.0. The summed E-state index contributed by atoms with van der Waals surface area (Å²) in [5.74, 6) is -0.631. The van der Waals surface area contributed by atoms with Crippen LogP contribution < -0.4 is 10.1 Å². The van der Waals surface area contributed by atoms with Gasteiger partial charge in [-0.15, -0.1) is 11.3 Å². The number of halogens is 1. The summed E-state index contributed by atoms with van der Waals surface area (Å²) in [5, 5.41) is 13.2. The van der Waals surface area contributed by atoms with Crippen molar-refractivity contribution in [2.45, 2.75) is 38.4 Å². The molecule has 2 atom stereocenters. The lowest BCUT2D eigenvalue weighted by atomic mass is 10.2. The summed E-state index contributed by atoms with van der Waals surface area (Å²) in [6, 6.07) is 4.23. The number of rotatable bonds is 8. The van der Waals surface area contributed by atoms with Gasteiger partial charge in [-0.2, -0.15) is 0 Å². The molecular formula is C21H22FN3O5S. The Morgan fingerprint density at radius 1 is 1.32 bits per heavy atom. The number of carboxylic acid groups (broad SMARTS) is 1. The lowest BCUT2D eigenvalue weighted by molar-refractivity contribution is -0.0709. The fourth-order valence-corrected chi connectivity index (χ4v) is 4.69. The van der Waals surface area contributed by atoms with Gasteiger partial charge in [0, 0.05) is 19.6 Å². The summed E-state index contributed by atoms with van der Waals surface area (Å²) in [4.78, 5) is 20.7. The van der Waals surface area contributed by atoms with Crippen LogP contribution in [0.25, 0.3) is 10.2 Å². The number of carbonyl (C=O) groups is 1. The van der Waals surface area contributed by atoms with Crippen molar-refractivity contribution in [2.24, 2.45) is 0 Å². The van der Waals surface area contributed by atoms with Gasteiger partial charge in [-0.3, -0.25) is 0 Å². The number of nitrogens with zero attached hydrogens (tertiary/aromatic N) is 2. The van der Waals surface area contributed by atoms with E-state index in [1.54, 1.807) is 20.1 Å². The number of benzene rings is 1. The van der Waals surface area contributed by atoms with Gasteiger partial charge in [0.1, 0.15) is 46.3 Å². The predicted molar refractivity (Wildman–Crippen MR) is 114 cm³/mol. The zero-order valence-electron chi connectivity index (χ0n) is 17.1. The fraction of sp³-hybridized carbons (Fsp3) is 0.381. The van der Waals surface area contributed by atoms with E-state index in [1.807, 2.05) is 0 Å². The Balaban J connectivity index is 1.60. The second-order valence-corrected chi connectivity index (χ2v) is 8.28. The smallest absolute Gasteiger partial charge is 0.346 e. The molecule has 0 spiro atoms. The van der Waals surface area contributed by atoms with E-state index in [2.05, 4.69) is 15.3 Å².